The summed E-state index contributed by atoms with van der Waals surface area (Å²) in [6.45, 7) is 4.01. The smallest absolute Gasteiger partial charge is 0.340 e. The van der Waals surface area contributed by atoms with Crippen molar-refractivity contribution < 1.29 is 36.4 Å². The number of carbonyl (C=O) groups is 2. The van der Waals surface area contributed by atoms with Crippen LogP contribution in [0.4, 0.5) is 28.9 Å². The predicted octanol–water partition coefficient (Wildman–Crippen LogP) is 6.06. The van der Waals surface area contributed by atoms with Crippen molar-refractivity contribution in [3.05, 3.63) is 113 Å². The maximum atomic E-state index is 15.6. The average molecular weight is 749 g/mol. The highest BCUT2D eigenvalue weighted by Crippen LogP contribution is 2.31. The van der Waals surface area contributed by atoms with Crippen LogP contribution in [0.1, 0.15) is 38.3 Å². The van der Waals surface area contributed by atoms with Gasteiger partial charge in [-0.05, 0) is 60.4 Å². The number of nitrogens with one attached hydrogen (secondary N) is 2. The minimum Gasteiger partial charge on any atom is -0.573 e. The summed E-state index contributed by atoms with van der Waals surface area (Å²) in [5.74, 6) is -4.50. The van der Waals surface area contributed by atoms with E-state index in [2.05, 4.69) is 29.2 Å². The van der Waals surface area contributed by atoms with Gasteiger partial charge in [0.05, 0.1) is 24.8 Å². The minimum absolute atomic E-state index is 0.0188. The Labute approximate surface area is 306 Å². The lowest BCUT2D eigenvalue weighted by Crippen LogP contribution is -2.47. The maximum Gasteiger partial charge on any atom is 0.340 e. The number of hydrogen-bond donors (Lipinski definition) is 2. The Bertz CT molecular complexity index is 2140. The number of anilines is 2. The van der Waals surface area contributed by atoms with Gasteiger partial charge in [0.2, 0.25) is 5.78 Å². The van der Waals surface area contributed by atoms with Crippen molar-refractivity contribution in [3.63, 3.8) is 0 Å². The molecule has 15 heteroatoms. The first-order chi connectivity index (χ1) is 25.6. The third-order valence-electron chi connectivity index (χ3n) is 9.72. The number of H-pyrrole nitrogens is 1. The molecular weight excluding hydrogens is 713 g/mol. The molecule has 2 aliphatic heterocycles. The zero-order valence-electron chi connectivity index (χ0n) is 28.7. The van der Waals surface area contributed by atoms with Gasteiger partial charge in [0, 0.05) is 73.9 Å². The molecule has 10 nitrogen and oxygen atoms in total. The summed E-state index contributed by atoms with van der Waals surface area (Å²) in [5.41, 5.74) is 2.54. The summed E-state index contributed by atoms with van der Waals surface area (Å²) in [4.78, 5) is 37.1. The Morgan fingerprint density at radius 1 is 0.962 bits per heavy atom. The van der Waals surface area contributed by atoms with Gasteiger partial charge in [-0.25, -0.2) is 27.3 Å². The van der Waals surface area contributed by atoms with Gasteiger partial charge in [-0.1, -0.05) is 24.3 Å². The monoisotopic (exact) mass is 748 g/mol. The number of rotatable bonds is 11. The summed E-state index contributed by atoms with van der Waals surface area (Å²) >= 11 is -1.98. The molecule has 0 amide bonds. The standard InChI is InChI=1S/C38H36F4N6O4S/c1-52-38(50)28-7-6-27(19-32(28)41)47-16-14-46(15-17-47)12-10-23-2-4-24(5-3-23)25-18-29-30(21-44-37(29)43-20-25)36(49)34-31(40)8-9-33(35(34)42)45-53(51)48-13-11-26(39)22-48/h2-9,18-21,26,45H,10-17,22H2,1H3,(H,43,44). The number of ketones is 1. The van der Waals surface area contributed by atoms with Crippen LogP contribution in [0, 0.1) is 17.5 Å². The molecule has 2 aromatic heterocycles. The molecule has 0 aliphatic carbocycles. The lowest BCUT2D eigenvalue weighted by Gasteiger charge is -2.36. The molecule has 5 aromatic rings. The molecule has 2 N–H and O–H groups in total. The number of piperazine rings is 1. The van der Waals surface area contributed by atoms with Gasteiger partial charge in [0.1, 0.15) is 29.1 Å². The number of aromatic nitrogens is 2. The van der Waals surface area contributed by atoms with Crippen LogP contribution in [0.25, 0.3) is 22.2 Å². The average Bonchev–Trinajstić information content (AvgIpc) is 3.81. The van der Waals surface area contributed by atoms with Crippen molar-refractivity contribution in [2.75, 3.05) is 62.5 Å². The van der Waals surface area contributed by atoms with Gasteiger partial charge in [-0.2, -0.15) is 4.72 Å². The topological polar surface area (TPSA) is 117 Å². The molecule has 0 radical (unpaired) electrons. The summed E-state index contributed by atoms with van der Waals surface area (Å²) in [6, 6.07) is 16.2. The van der Waals surface area contributed by atoms with Crippen molar-refractivity contribution in [3.8, 4) is 11.1 Å². The number of nitrogens with zero attached hydrogens (tertiary/aromatic N) is 4. The molecule has 2 atom stereocenters. The zero-order chi connectivity index (χ0) is 37.2. The van der Waals surface area contributed by atoms with Crippen LogP contribution in [-0.4, -0.2) is 94.6 Å². The molecule has 276 valence electrons. The zero-order valence-corrected chi connectivity index (χ0v) is 29.5. The van der Waals surface area contributed by atoms with E-state index in [4.69, 9.17) is 0 Å². The highest BCUT2D eigenvalue weighted by Gasteiger charge is 2.33. The SMILES string of the molecule is COC(=O)c1ccc(N2CCN(CCc3ccc(-c4cnc5[nH]cc(C(=O)c6c(F)ccc(N[S+]([O-])N7CCC(F)C7)c6F)c5c4)cc3)CC2)cc1F. The van der Waals surface area contributed by atoms with Crippen LogP contribution >= 0.6 is 0 Å². The number of carbonyl (C=O) groups excluding carboxylic acids is 2. The molecule has 4 heterocycles. The van der Waals surface area contributed by atoms with Gasteiger partial charge in [-0.15, -0.1) is 4.31 Å². The van der Waals surface area contributed by atoms with Crippen molar-refractivity contribution in [2.45, 2.75) is 19.0 Å². The Kier molecular flexibility index (Phi) is 10.7. The molecule has 2 aliphatic rings. The quantitative estimate of drug-likeness (QED) is 0.0720. The van der Waals surface area contributed by atoms with Crippen LogP contribution in [0.5, 0.6) is 0 Å². The molecule has 2 unspecified atom stereocenters. The van der Waals surface area contributed by atoms with Crippen molar-refractivity contribution in [2.24, 2.45) is 0 Å². The molecule has 0 spiro atoms. The number of aromatic amines is 1. The molecule has 0 saturated carbocycles. The number of fused-ring (bicyclic) bond motifs is 1. The van der Waals surface area contributed by atoms with E-state index in [0.29, 0.717) is 16.6 Å². The Morgan fingerprint density at radius 3 is 2.43 bits per heavy atom. The van der Waals surface area contributed by atoms with E-state index in [1.54, 1.807) is 18.3 Å². The third kappa shape index (κ3) is 7.74. The van der Waals surface area contributed by atoms with Gasteiger partial charge >= 0.3 is 5.97 Å². The van der Waals surface area contributed by atoms with Crippen molar-refractivity contribution in [1.29, 1.82) is 0 Å². The number of hydrogen-bond acceptors (Lipinski definition) is 9. The Hall–Kier alpha value is -4.96. The fourth-order valence-electron chi connectivity index (χ4n) is 6.68. The van der Waals surface area contributed by atoms with Gasteiger partial charge in [0.25, 0.3) is 0 Å². The summed E-state index contributed by atoms with van der Waals surface area (Å²) in [5, 5.41) is 0.379. The van der Waals surface area contributed by atoms with Crippen LogP contribution in [-0.2, 0) is 22.7 Å². The number of methoxy groups -OCH3 is 1. The van der Waals surface area contributed by atoms with Crippen LogP contribution < -0.4 is 9.62 Å². The second-order valence-electron chi connectivity index (χ2n) is 13.0. The molecular formula is C38H36F4N6O4S. The number of esters is 1. The summed E-state index contributed by atoms with van der Waals surface area (Å²) in [6.07, 6.45) is 2.88. The second kappa shape index (κ2) is 15.6. The lowest BCUT2D eigenvalue weighted by molar-refractivity contribution is 0.0595. The maximum absolute atomic E-state index is 15.6. The largest absolute Gasteiger partial charge is 0.573 e. The fraction of sp³-hybridized carbons (Fsp3) is 0.289. The first kappa shape index (κ1) is 36.4. The van der Waals surface area contributed by atoms with E-state index in [0.717, 1.165) is 68.1 Å². The van der Waals surface area contributed by atoms with Crippen molar-refractivity contribution in [1.82, 2.24) is 19.2 Å². The highest BCUT2D eigenvalue weighted by atomic mass is 32.2. The van der Waals surface area contributed by atoms with Crippen LogP contribution in [0.15, 0.2) is 73.1 Å². The van der Waals surface area contributed by atoms with Crippen molar-refractivity contribution >= 4 is 45.7 Å². The molecule has 0 bridgehead atoms. The highest BCUT2D eigenvalue weighted by molar-refractivity contribution is 7.90. The van der Waals surface area contributed by atoms with E-state index in [9.17, 15) is 27.3 Å². The third-order valence-corrected chi connectivity index (χ3v) is 10.9. The van der Waals surface area contributed by atoms with Crippen LogP contribution in [0.2, 0.25) is 0 Å². The lowest BCUT2D eigenvalue weighted by atomic mass is 9.99. The van der Waals surface area contributed by atoms with Crippen LogP contribution in [0.3, 0.4) is 0 Å². The number of halogens is 4. The molecule has 2 saturated heterocycles. The number of pyridine rings is 1. The van der Waals surface area contributed by atoms with Gasteiger partial charge in [0.15, 0.2) is 17.4 Å². The number of alkyl halides is 1. The van der Waals surface area contributed by atoms with Gasteiger partial charge < -0.3 is 19.2 Å². The minimum atomic E-state index is -1.98. The molecule has 7 rings (SSSR count). The van der Waals surface area contributed by atoms with E-state index < -0.39 is 52.5 Å². The first-order valence-electron chi connectivity index (χ1n) is 17.1. The normalized spacial score (nSPS) is 17.3. The Morgan fingerprint density at radius 2 is 1.74 bits per heavy atom. The van der Waals surface area contributed by atoms with E-state index in [1.165, 1.54) is 29.7 Å². The number of benzene rings is 3. The summed E-state index contributed by atoms with van der Waals surface area (Å²) < 4.78 is 79.7. The molecule has 3 aromatic carbocycles. The van der Waals surface area contributed by atoms with Gasteiger partial charge in [-0.3, -0.25) is 9.69 Å². The Balaban J connectivity index is 0.989. The van der Waals surface area contributed by atoms with E-state index >= 15 is 4.39 Å². The second-order valence-corrected chi connectivity index (χ2v) is 14.2. The fourth-order valence-corrected chi connectivity index (χ4v) is 7.72. The molecule has 53 heavy (non-hydrogen) atoms. The van der Waals surface area contributed by atoms with E-state index in [1.807, 2.05) is 24.3 Å². The summed E-state index contributed by atoms with van der Waals surface area (Å²) in [7, 11) is 1.22. The number of ether oxygens (including phenoxy) is 1. The van der Waals surface area contributed by atoms with E-state index in [-0.39, 0.29) is 36.3 Å². The predicted molar refractivity (Wildman–Crippen MR) is 194 cm³/mol. The first-order valence-corrected chi connectivity index (χ1v) is 18.2. The molecule has 2 fully saturated rings.